The van der Waals surface area contributed by atoms with E-state index in [9.17, 15) is 4.79 Å². The second kappa shape index (κ2) is 10.3. The third-order valence-electron chi connectivity index (χ3n) is 1.23. The number of hydrogen-bond acceptors (Lipinski definition) is 5. The van der Waals surface area contributed by atoms with Crippen molar-refractivity contribution in [3.8, 4) is 0 Å². The van der Waals surface area contributed by atoms with Gasteiger partial charge in [-0.3, -0.25) is 4.79 Å². The molecule has 0 amide bonds. The Bertz CT molecular complexity index is 165. The van der Waals surface area contributed by atoms with E-state index < -0.39 is 7.95 Å². The van der Waals surface area contributed by atoms with E-state index in [1.807, 2.05) is 20.8 Å². The molecule has 0 aromatic heterocycles. The molecule has 0 N–H and O–H groups in total. The molecule has 0 bridgehead atoms. The van der Waals surface area contributed by atoms with Gasteiger partial charge in [-0.05, 0) is 32.0 Å². The van der Waals surface area contributed by atoms with Crippen molar-refractivity contribution < 1.29 is 18.1 Å². The van der Waals surface area contributed by atoms with E-state index in [1.165, 1.54) is 6.92 Å². The average Bonchev–Trinajstić information content (AvgIpc) is 2.03. The Morgan fingerprint density at radius 1 is 1.07 bits per heavy atom. The molecule has 0 radical (unpaired) electrons. The first-order chi connectivity index (χ1) is 6.60. The second-order valence-corrected chi connectivity index (χ2v) is 7.15. The van der Waals surface area contributed by atoms with Gasteiger partial charge in [0.25, 0.3) is 0 Å². The quantitative estimate of drug-likeness (QED) is 0.644. The van der Waals surface area contributed by atoms with E-state index in [1.54, 1.807) is 0 Å². The molecule has 0 saturated heterocycles. The minimum absolute atomic E-state index is 0. The molecule has 0 aliphatic carbocycles. The Labute approximate surface area is 119 Å². The topological polar surface area (TPSA) is 44.8 Å². The Balaban J connectivity index is 0. The fraction of sp³-hybridized carbons (Fsp3) is 0.875. The number of carbonyl (C=O) groups is 1. The molecule has 0 aliphatic heterocycles. The van der Waals surface area contributed by atoms with Gasteiger partial charge in [-0.1, -0.05) is 0 Å². The van der Waals surface area contributed by atoms with Crippen LogP contribution in [0.2, 0.25) is 0 Å². The molecule has 0 spiro atoms. The molecule has 86 valence electrons. The molecule has 0 aromatic rings. The van der Waals surface area contributed by atoms with Crippen molar-refractivity contribution in [1.82, 2.24) is 0 Å². The maximum atomic E-state index is 11.0. The number of hydrogen-bond donors (Lipinski definition) is 0. The molecule has 0 unspecified atom stereocenters. The van der Waals surface area contributed by atoms with E-state index in [2.05, 4.69) is 0 Å². The Morgan fingerprint density at radius 2 is 1.40 bits per heavy atom. The third kappa shape index (κ3) is 7.92. The molecular formula is C8H19NaO4SSi. The van der Waals surface area contributed by atoms with Crippen LogP contribution in [0, 0.1) is 0 Å². The van der Waals surface area contributed by atoms with Crippen LogP contribution in [0.4, 0.5) is 0 Å². The van der Waals surface area contributed by atoms with E-state index in [0.29, 0.717) is 19.8 Å². The second-order valence-electron chi connectivity index (χ2n) is 2.39. The standard InChI is InChI=1S/C8H18O4SSi.Na.H/c1-5-10-14(11-6-2,12-7-3)13-8(4)9;;/h5-7H2,1-4H3;;. The molecular weight excluding hydrogens is 243 g/mol. The zero-order valence-corrected chi connectivity index (χ0v) is 11.0. The molecule has 7 heteroatoms. The molecule has 0 fully saturated rings. The third-order valence-corrected chi connectivity index (χ3v) is 6.37. The summed E-state index contributed by atoms with van der Waals surface area (Å²) in [7, 11) is -2.79. The van der Waals surface area contributed by atoms with Crippen molar-refractivity contribution in [2.75, 3.05) is 19.8 Å². The summed E-state index contributed by atoms with van der Waals surface area (Å²) < 4.78 is 16.4. The van der Waals surface area contributed by atoms with Gasteiger partial charge in [0.2, 0.25) is 0 Å². The van der Waals surface area contributed by atoms with Gasteiger partial charge in [-0.25, -0.2) is 0 Å². The molecule has 0 atom stereocenters. The first-order valence-corrected chi connectivity index (χ1v) is 7.98. The molecule has 15 heavy (non-hydrogen) atoms. The van der Waals surface area contributed by atoms with Gasteiger partial charge in [0.1, 0.15) is 0 Å². The summed E-state index contributed by atoms with van der Waals surface area (Å²) >= 11 is 1.05. The van der Waals surface area contributed by atoms with Gasteiger partial charge in [0, 0.05) is 26.7 Å². The first-order valence-electron chi connectivity index (χ1n) is 4.71. The molecule has 0 aliphatic rings. The van der Waals surface area contributed by atoms with Crippen LogP contribution in [-0.2, 0) is 18.1 Å². The van der Waals surface area contributed by atoms with E-state index >= 15 is 0 Å². The summed E-state index contributed by atoms with van der Waals surface area (Å²) in [5, 5.41) is -0.0352. The van der Waals surface area contributed by atoms with Crippen molar-refractivity contribution in [2.45, 2.75) is 27.7 Å². The maximum absolute atomic E-state index is 11.0. The van der Waals surface area contributed by atoms with Crippen LogP contribution in [0.3, 0.4) is 0 Å². The predicted octanol–water partition coefficient (Wildman–Crippen LogP) is 1.16. The summed E-state index contributed by atoms with van der Waals surface area (Å²) in [5.74, 6) is 0. The number of carbonyl (C=O) groups excluding carboxylic acids is 1. The van der Waals surface area contributed by atoms with Crippen LogP contribution in [-0.4, -0.2) is 62.4 Å². The monoisotopic (exact) mass is 262 g/mol. The zero-order chi connectivity index (χ0) is 11.0. The van der Waals surface area contributed by atoms with Gasteiger partial charge < -0.3 is 13.3 Å². The SMILES string of the molecule is CCO[Si](OCC)(OCC)SC(C)=O.[NaH]. The Kier molecular flexibility index (Phi) is 12.7. The first kappa shape index (κ1) is 18.5. The van der Waals surface area contributed by atoms with Crippen LogP contribution in [0.25, 0.3) is 0 Å². The summed E-state index contributed by atoms with van der Waals surface area (Å²) in [5.41, 5.74) is 0. The van der Waals surface area contributed by atoms with Crippen molar-refractivity contribution in [3.05, 3.63) is 0 Å². The molecule has 0 saturated carbocycles. The predicted molar refractivity (Wildman–Crippen MR) is 66.1 cm³/mol. The van der Waals surface area contributed by atoms with E-state index in [-0.39, 0.29) is 34.7 Å². The van der Waals surface area contributed by atoms with E-state index in [4.69, 9.17) is 13.3 Å². The van der Waals surface area contributed by atoms with Crippen molar-refractivity contribution in [2.24, 2.45) is 0 Å². The average molecular weight is 262 g/mol. The van der Waals surface area contributed by atoms with Gasteiger partial charge >= 0.3 is 37.5 Å². The Hall–Kier alpha value is 1.12. The van der Waals surface area contributed by atoms with Crippen LogP contribution in [0.15, 0.2) is 0 Å². The molecule has 4 nitrogen and oxygen atoms in total. The Morgan fingerprint density at radius 3 is 1.60 bits per heavy atom. The zero-order valence-electron chi connectivity index (χ0n) is 9.16. The summed E-state index contributed by atoms with van der Waals surface area (Å²) in [6.07, 6.45) is 0. The fourth-order valence-corrected chi connectivity index (χ4v) is 5.41. The van der Waals surface area contributed by atoms with Crippen molar-refractivity contribution in [3.63, 3.8) is 0 Å². The van der Waals surface area contributed by atoms with Gasteiger partial charge in [-0.2, -0.15) is 0 Å². The summed E-state index contributed by atoms with van der Waals surface area (Å²) in [6, 6.07) is 0. The van der Waals surface area contributed by atoms with Crippen LogP contribution in [0.1, 0.15) is 27.7 Å². The number of rotatable bonds is 7. The summed E-state index contributed by atoms with van der Waals surface area (Å²) in [4.78, 5) is 11.0. The molecule has 0 aromatic carbocycles. The van der Waals surface area contributed by atoms with Crippen LogP contribution in [0.5, 0.6) is 0 Å². The van der Waals surface area contributed by atoms with Crippen molar-refractivity contribution >= 4 is 53.8 Å². The molecule has 0 rings (SSSR count). The normalized spacial score (nSPS) is 10.9. The van der Waals surface area contributed by atoms with Gasteiger partial charge in [-0.15, -0.1) is 0 Å². The van der Waals surface area contributed by atoms with Gasteiger partial charge in [0.05, 0.1) is 0 Å². The van der Waals surface area contributed by atoms with Crippen LogP contribution < -0.4 is 0 Å². The minimum atomic E-state index is -2.79. The molecule has 0 heterocycles. The van der Waals surface area contributed by atoms with Crippen molar-refractivity contribution in [1.29, 1.82) is 0 Å². The van der Waals surface area contributed by atoms with Gasteiger partial charge in [0.15, 0.2) is 5.12 Å². The summed E-state index contributed by atoms with van der Waals surface area (Å²) in [6.45, 7) is 8.55. The fourth-order valence-electron chi connectivity index (χ4n) is 0.920. The van der Waals surface area contributed by atoms with E-state index in [0.717, 1.165) is 11.2 Å². The van der Waals surface area contributed by atoms with Crippen LogP contribution >= 0.6 is 11.2 Å².